The third kappa shape index (κ3) is 3.55. The first-order valence-corrected chi connectivity index (χ1v) is 7.25. The number of anilines is 1. The molecule has 1 rings (SSSR count). The first-order valence-electron chi connectivity index (χ1n) is 5.77. The zero-order valence-electron chi connectivity index (χ0n) is 11.3. The number of carbonyl (C=O) groups excluding carboxylic acids is 1. The Morgan fingerprint density at radius 2 is 1.90 bits per heavy atom. The van der Waals surface area contributed by atoms with E-state index in [1.54, 1.807) is 6.92 Å². The molecule has 1 unspecified atom stereocenters. The predicted molar refractivity (Wildman–Crippen MR) is 72.9 cm³/mol. The average molecular weight is 300 g/mol. The fourth-order valence-electron chi connectivity index (χ4n) is 1.37. The van der Waals surface area contributed by atoms with Gasteiger partial charge >= 0.3 is 5.97 Å². The number of carbonyl (C=O) groups is 2. The van der Waals surface area contributed by atoms with Crippen LogP contribution in [0.15, 0.2) is 23.1 Å². The van der Waals surface area contributed by atoms with Crippen molar-refractivity contribution in [3.8, 4) is 0 Å². The number of carboxylic acids is 1. The second kappa shape index (κ2) is 6.02. The first kappa shape index (κ1) is 16.1. The van der Waals surface area contributed by atoms with Crippen LogP contribution in [0.5, 0.6) is 0 Å². The van der Waals surface area contributed by atoms with Crippen molar-refractivity contribution in [2.24, 2.45) is 5.92 Å². The highest BCUT2D eigenvalue weighted by Crippen LogP contribution is 2.20. The van der Waals surface area contributed by atoms with Crippen molar-refractivity contribution in [2.45, 2.75) is 18.7 Å². The molecule has 0 bridgehead atoms. The van der Waals surface area contributed by atoms with Crippen LogP contribution >= 0.6 is 0 Å². The Balaban J connectivity index is 3.11. The molecule has 1 aromatic rings. The Kier molecular flexibility index (Phi) is 4.85. The van der Waals surface area contributed by atoms with Crippen LogP contribution < -0.4 is 10.0 Å². The molecule has 0 aromatic heterocycles. The van der Waals surface area contributed by atoms with E-state index in [-0.39, 0.29) is 10.6 Å². The monoisotopic (exact) mass is 300 g/mol. The average Bonchev–Trinajstić information content (AvgIpc) is 2.39. The molecule has 7 nitrogen and oxygen atoms in total. The summed E-state index contributed by atoms with van der Waals surface area (Å²) in [6, 6.07) is 4.22. The summed E-state index contributed by atoms with van der Waals surface area (Å²) in [6.07, 6.45) is 0. The minimum Gasteiger partial charge on any atom is -0.481 e. The summed E-state index contributed by atoms with van der Waals surface area (Å²) in [5, 5.41) is 11.2. The van der Waals surface area contributed by atoms with Crippen LogP contribution in [-0.4, -0.2) is 32.4 Å². The van der Waals surface area contributed by atoms with E-state index in [0.717, 1.165) is 0 Å². The normalized spacial score (nSPS) is 12.8. The van der Waals surface area contributed by atoms with Crippen LogP contribution in [0.1, 0.15) is 12.5 Å². The summed E-state index contributed by atoms with van der Waals surface area (Å²) < 4.78 is 25.5. The van der Waals surface area contributed by atoms with Crippen molar-refractivity contribution in [1.82, 2.24) is 4.72 Å². The molecule has 0 saturated carbocycles. The van der Waals surface area contributed by atoms with Crippen LogP contribution in [0.4, 0.5) is 5.69 Å². The molecule has 0 aliphatic carbocycles. The largest absolute Gasteiger partial charge is 0.481 e. The molecular weight excluding hydrogens is 284 g/mol. The Morgan fingerprint density at radius 1 is 1.30 bits per heavy atom. The van der Waals surface area contributed by atoms with Crippen molar-refractivity contribution in [1.29, 1.82) is 0 Å². The molecule has 8 heteroatoms. The zero-order valence-corrected chi connectivity index (χ0v) is 12.1. The molecule has 0 aliphatic rings. The molecule has 0 radical (unpaired) electrons. The van der Waals surface area contributed by atoms with Crippen LogP contribution in [-0.2, 0) is 19.6 Å². The van der Waals surface area contributed by atoms with Gasteiger partial charge in [0.2, 0.25) is 15.9 Å². The van der Waals surface area contributed by atoms with Crippen LogP contribution in [0.2, 0.25) is 0 Å². The minimum absolute atomic E-state index is 0.0103. The maximum atomic E-state index is 11.7. The number of aliphatic carboxylic acids is 1. The molecule has 110 valence electrons. The van der Waals surface area contributed by atoms with E-state index in [4.69, 9.17) is 5.11 Å². The number of carboxylic acid groups (broad SMARTS) is 1. The van der Waals surface area contributed by atoms with Crippen molar-refractivity contribution in [3.05, 3.63) is 23.8 Å². The molecular formula is C12H16N2O5S. The van der Waals surface area contributed by atoms with Gasteiger partial charge in [-0.15, -0.1) is 0 Å². The molecule has 0 saturated heterocycles. The van der Waals surface area contributed by atoms with Gasteiger partial charge in [0.05, 0.1) is 4.90 Å². The van der Waals surface area contributed by atoms with Crippen molar-refractivity contribution in [2.75, 3.05) is 12.4 Å². The van der Waals surface area contributed by atoms with Gasteiger partial charge in [0.1, 0.15) is 5.92 Å². The van der Waals surface area contributed by atoms with Gasteiger partial charge in [0, 0.05) is 5.69 Å². The number of hydrogen-bond acceptors (Lipinski definition) is 4. The fraction of sp³-hybridized carbons (Fsp3) is 0.333. The number of hydrogen-bond donors (Lipinski definition) is 3. The van der Waals surface area contributed by atoms with Gasteiger partial charge in [-0.2, -0.15) is 0 Å². The fourth-order valence-corrected chi connectivity index (χ4v) is 2.13. The maximum Gasteiger partial charge on any atom is 0.315 e. The standard InChI is InChI=1S/C12H16N2O5S/c1-7-4-5-9(20(18,19)13-3)6-10(7)14-11(15)8(2)12(16)17/h4-6,8,13H,1-3H3,(H,14,15)(H,16,17). The second-order valence-corrected chi connectivity index (χ2v) is 6.12. The second-order valence-electron chi connectivity index (χ2n) is 4.23. The SMILES string of the molecule is CNS(=O)(=O)c1ccc(C)c(NC(=O)C(C)C(=O)O)c1. The van der Waals surface area contributed by atoms with Gasteiger partial charge in [0.25, 0.3) is 0 Å². The number of rotatable bonds is 5. The van der Waals surface area contributed by atoms with Gasteiger partial charge in [-0.05, 0) is 38.6 Å². The lowest BCUT2D eigenvalue weighted by atomic mass is 10.1. The highest BCUT2D eigenvalue weighted by atomic mass is 32.2. The maximum absolute atomic E-state index is 11.7. The van der Waals surface area contributed by atoms with E-state index < -0.39 is 27.8 Å². The number of amides is 1. The van der Waals surface area contributed by atoms with Crippen molar-refractivity contribution >= 4 is 27.6 Å². The van der Waals surface area contributed by atoms with E-state index in [1.807, 2.05) is 0 Å². The molecule has 0 spiro atoms. The molecule has 1 aromatic carbocycles. The molecule has 1 amide bonds. The van der Waals surface area contributed by atoms with E-state index in [2.05, 4.69) is 10.0 Å². The topological polar surface area (TPSA) is 113 Å². The van der Waals surface area contributed by atoms with Gasteiger partial charge in [-0.1, -0.05) is 6.07 Å². The summed E-state index contributed by atoms with van der Waals surface area (Å²) in [6.45, 7) is 2.93. The number of sulfonamides is 1. The third-order valence-corrected chi connectivity index (χ3v) is 4.22. The molecule has 0 aliphatic heterocycles. The summed E-state index contributed by atoms with van der Waals surface area (Å²) in [5.41, 5.74) is 0.894. The quantitative estimate of drug-likeness (QED) is 0.688. The lowest BCUT2D eigenvalue weighted by molar-refractivity contribution is -0.144. The summed E-state index contributed by atoms with van der Waals surface area (Å²) in [5.74, 6) is -3.18. The van der Waals surface area contributed by atoms with E-state index in [9.17, 15) is 18.0 Å². The lowest BCUT2D eigenvalue weighted by Gasteiger charge is -2.12. The number of nitrogens with one attached hydrogen (secondary N) is 2. The highest BCUT2D eigenvalue weighted by molar-refractivity contribution is 7.89. The lowest BCUT2D eigenvalue weighted by Crippen LogP contribution is -2.27. The van der Waals surface area contributed by atoms with Crippen molar-refractivity contribution in [3.63, 3.8) is 0 Å². The minimum atomic E-state index is -3.63. The van der Waals surface area contributed by atoms with Crippen molar-refractivity contribution < 1.29 is 23.1 Å². The summed E-state index contributed by atoms with van der Waals surface area (Å²) in [4.78, 5) is 22.4. The predicted octanol–water partition coefficient (Wildman–Crippen LogP) is 0.562. The Labute approximate surface area is 117 Å². The first-order chi connectivity index (χ1) is 9.19. The summed E-state index contributed by atoms with van der Waals surface area (Å²) in [7, 11) is -2.35. The Bertz CT molecular complexity index is 639. The molecule has 20 heavy (non-hydrogen) atoms. The number of benzene rings is 1. The van der Waals surface area contributed by atoms with E-state index in [1.165, 1.54) is 32.2 Å². The number of aryl methyl sites for hydroxylation is 1. The van der Waals surface area contributed by atoms with Crippen LogP contribution in [0, 0.1) is 12.8 Å². The van der Waals surface area contributed by atoms with Gasteiger partial charge in [0.15, 0.2) is 0 Å². The Morgan fingerprint density at radius 3 is 2.40 bits per heavy atom. The smallest absolute Gasteiger partial charge is 0.315 e. The van der Waals surface area contributed by atoms with Crippen LogP contribution in [0.25, 0.3) is 0 Å². The summed E-state index contributed by atoms with van der Waals surface area (Å²) >= 11 is 0. The molecule has 1 atom stereocenters. The molecule has 0 heterocycles. The van der Waals surface area contributed by atoms with Gasteiger partial charge in [-0.3, -0.25) is 9.59 Å². The van der Waals surface area contributed by atoms with Gasteiger partial charge in [-0.25, -0.2) is 13.1 Å². The zero-order chi connectivity index (χ0) is 15.5. The van der Waals surface area contributed by atoms with Crippen LogP contribution in [0.3, 0.4) is 0 Å². The van der Waals surface area contributed by atoms with Gasteiger partial charge < -0.3 is 10.4 Å². The van der Waals surface area contributed by atoms with E-state index >= 15 is 0 Å². The Hall–Kier alpha value is -1.93. The van der Waals surface area contributed by atoms with E-state index in [0.29, 0.717) is 5.56 Å². The molecule has 3 N–H and O–H groups in total. The highest BCUT2D eigenvalue weighted by Gasteiger charge is 2.21. The third-order valence-electron chi connectivity index (χ3n) is 2.81. The molecule has 0 fully saturated rings.